The van der Waals surface area contributed by atoms with Crippen molar-refractivity contribution in [2.75, 3.05) is 23.4 Å². The van der Waals surface area contributed by atoms with Crippen molar-refractivity contribution >= 4 is 11.8 Å². The summed E-state index contributed by atoms with van der Waals surface area (Å²) in [5.41, 5.74) is 1.11. The number of halogens is 3. The van der Waals surface area contributed by atoms with Crippen LogP contribution in [0.25, 0.3) is 0 Å². The molecule has 0 saturated carbocycles. The van der Waals surface area contributed by atoms with E-state index in [1.807, 2.05) is 4.90 Å². The zero-order chi connectivity index (χ0) is 14.8. The number of rotatable bonds is 4. The maximum Gasteiger partial charge on any atom is 0.433 e. The van der Waals surface area contributed by atoms with Gasteiger partial charge in [0.2, 0.25) is 5.95 Å². The molecule has 1 aliphatic rings. The fourth-order valence-electron chi connectivity index (χ4n) is 2.49. The van der Waals surface area contributed by atoms with Crippen molar-refractivity contribution in [3.05, 3.63) is 11.8 Å². The Morgan fingerprint density at radius 2 is 2.20 bits per heavy atom. The van der Waals surface area contributed by atoms with E-state index < -0.39 is 11.9 Å². The third kappa shape index (κ3) is 3.30. The van der Waals surface area contributed by atoms with E-state index in [4.69, 9.17) is 5.84 Å². The third-order valence-corrected chi connectivity index (χ3v) is 3.44. The molecule has 1 aromatic rings. The van der Waals surface area contributed by atoms with Gasteiger partial charge in [-0.2, -0.15) is 18.2 Å². The Kier molecular flexibility index (Phi) is 4.32. The van der Waals surface area contributed by atoms with Gasteiger partial charge in [-0.1, -0.05) is 13.3 Å². The van der Waals surface area contributed by atoms with Crippen LogP contribution in [0.1, 0.15) is 31.9 Å². The molecular weight excluding hydrogens is 271 g/mol. The van der Waals surface area contributed by atoms with Crippen LogP contribution in [0, 0.1) is 5.92 Å². The van der Waals surface area contributed by atoms with Crippen LogP contribution in [0.15, 0.2) is 6.07 Å². The van der Waals surface area contributed by atoms with Gasteiger partial charge in [-0.15, -0.1) is 0 Å². The molecule has 1 aliphatic heterocycles. The zero-order valence-electron chi connectivity index (χ0n) is 11.2. The minimum atomic E-state index is -4.51. The number of anilines is 2. The second-order valence-corrected chi connectivity index (χ2v) is 4.97. The van der Waals surface area contributed by atoms with E-state index in [9.17, 15) is 13.2 Å². The SMILES string of the molecule is CCCC1CCN(c2cc(C(F)(F)F)nc(NN)n2)C1. The van der Waals surface area contributed by atoms with Crippen molar-refractivity contribution in [2.45, 2.75) is 32.4 Å². The first-order chi connectivity index (χ1) is 9.44. The first kappa shape index (κ1) is 14.8. The van der Waals surface area contributed by atoms with Crippen LogP contribution >= 0.6 is 0 Å². The van der Waals surface area contributed by atoms with Gasteiger partial charge in [-0.25, -0.2) is 10.8 Å². The number of aromatic nitrogens is 2. The van der Waals surface area contributed by atoms with Crippen LogP contribution in [-0.4, -0.2) is 23.1 Å². The number of nitrogens with two attached hydrogens (primary N) is 1. The summed E-state index contributed by atoms with van der Waals surface area (Å²) >= 11 is 0. The fraction of sp³-hybridized carbons (Fsp3) is 0.667. The highest BCUT2D eigenvalue weighted by Gasteiger charge is 2.35. The standard InChI is InChI=1S/C12H18F3N5/c1-2-3-8-4-5-20(7-8)10-6-9(12(13,14)15)17-11(18-10)19-16/h6,8H,2-5,7,16H2,1H3,(H,17,18,19). The summed E-state index contributed by atoms with van der Waals surface area (Å²) < 4.78 is 38.4. The summed E-state index contributed by atoms with van der Waals surface area (Å²) in [5, 5.41) is 0. The lowest BCUT2D eigenvalue weighted by Crippen LogP contribution is -2.24. The Bertz CT molecular complexity index is 463. The third-order valence-electron chi connectivity index (χ3n) is 3.44. The number of hydrogen-bond donors (Lipinski definition) is 2. The van der Waals surface area contributed by atoms with Crippen LogP contribution < -0.4 is 16.2 Å². The molecule has 0 aliphatic carbocycles. The van der Waals surface area contributed by atoms with Gasteiger partial charge >= 0.3 is 6.18 Å². The molecule has 112 valence electrons. The molecule has 1 atom stereocenters. The summed E-state index contributed by atoms with van der Waals surface area (Å²) in [4.78, 5) is 9.23. The number of nitrogens with zero attached hydrogens (tertiary/aromatic N) is 3. The second-order valence-electron chi connectivity index (χ2n) is 4.97. The second kappa shape index (κ2) is 5.82. The molecule has 1 saturated heterocycles. The molecule has 20 heavy (non-hydrogen) atoms. The molecule has 2 heterocycles. The summed E-state index contributed by atoms with van der Waals surface area (Å²) in [6.45, 7) is 3.54. The van der Waals surface area contributed by atoms with E-state index in [0.717, 1.165) is 31.9 Å². The van der Waals surface area contributed by atoms with Crippen LogP contribution in [0.2, 0.25) is 0 Å². The molecule has 0 aromatic carbocycles. The first-order valence-corrected chi connectivity index (χ1v) is 6.62. The molecule has 3 N–H and O–H groups in total. The van der Waals surface area contributed by atoms with Crippen LogP contribution in [0.4, 0.5) is 24.9 Å². The Morgan fingerprint density at radius 1 is 1.45 bits per heavy atom. The predicted molar refractivity (Wildman–Crippen MR) is 70.1 cm³/mol. The Hall–Kier alpha value is -1.57. The quantitative estimate of drug-likeness (QED) is 0.658. The van der Waals surface area contributed by atoms with Crippen molar-refractivity contribution in [1.29, 1.82) is 0 Å². The fourth-order valence-corrected chi connectivity index (χ4v) is 2.49. The van der Waals surface area contributed by atoms with E-state index >= 15 is 0 Å². The van der Waals surface area contributed by atoms with Crippen LogP contribution in [-0.2, 0) is 6.18 Å². The topological polar surface area (TPSA) is 67.1 Å². The normalized spacial score (nSPS) is 19.4. The predicted octanol–water partition coefficient (Wildman–Crippen LogP) is 2.41. The molecule has 0 spiro atoms. The van der Waals surface area contributed by atoms with E-state index in [-0.39, 0.29) is 11.8 Å². The lowest BCUT2D eigenvalue weighted by molar-refractivity contribution is -0.141. The lowest BCUT2D eigenvalue weighted by Gasteiger charge is -2.19. The van der Waals surface area contributed by atoms with Gasteiger partial charge in [0.05, 0.1) is 0 Å². The molecule has 2 rings (SSSR count). The van der Waals surface area contributed by atoms with Gasteiger partial charge in [0.15, 0.2) is 5.69 Å². The van der Waals surface area contributed by atoms with Gasteiger partial charge in [0.25, 0.3) is 0 Å². The van der Waals surface area contributed by atoms with Gasteiger partial charge in [-0.3, -0.25) is 5.43 Å². The number of alkyl halides is 3. The van der Waals surface area contributed by atoms with E-state index in [0.29, 0.717) is 12.5 Å². The Labute approximate surface area is 115 Å². The first-order valence-electron chi connectivity index (χ1n) is 6.62. The monoisotopic (exact) mass is 289 g/mol. The van der Waals surface area contributed by atoms with Crippen LogP contribution in [0.3, 0.4) is 0 Å². The van der Waals surface area contributed by atoms with Crippen LogP contribution in [0.5, 0.6) is 0 Å². The highest BCUT2D eigenvalue weighted by atomic mass is 19.4. The van der Waals surface area contributed by atoms with E-state index in [1.165, 1.54) is 0 Å². The minimum absolute atomic E-state index is 0.214. The van der Waals surface area contributed by atoms with Gasteiger partial charge in [-0.05, 0) is 18.8 Å². The number of nitrogens with one attached hydrogen (secondary N) is 1. The molecule has 0 bridgehead atoms. The maximum atomic E-state index is 12.8. The summed E-state index contributed by atoms with van der Waals surface area (Å²) in [6, 6.07) is 0.981. The number of hydrogen-bond acceptors (Lipinski definition) is 5. The molecule has 8 heteroatoms. The Balaban J connectivity index is 2.23. The van der Waals surface area contributed by atoms with Crippen molar-refractivity contribution in [3.8, 4) is 0 Å². The minimum Gasteiger partial charge on any atom is -0.356 e. The molecule has 1 fully saturated rings. The lowest BCUT2D eigenvalue weighted by atomic mass is 10.0. The van der Waals surface area contributed by atoms with E-state index in [2.05, 4.69) is 22.3 Å². The largest absolute Gasteiger partial charge is 0.433 e. The summed E-state index contributed by atoms with van der Waals surface area (Å²) in [6.07, 6.45) is -1.38. The van der Waals surface area contributed by atoms with E-state index in [1.54, 1.807) is 0 Å². The van der Waals surface area contributed by atoms with Crippen molar-refractivity contribution in [1.82, 2.24) is 9.97 Å². The molecule has 0 radical (unpaired) electrons. The summed E-state index contributed by atoms with van der Waals surface area (Å²) in [5.74, 6) is 5.72. The number of nitrogen functional groups attached to an aromatic ring is 1. The van der Waals surface area contributed by atoms with Gasteiger partial charge in [0.1, 0.15) is 5.82 Å². The zero-order valence-corrected chi connectivity index (χ0v) is 11.2. The van der Waals surface area contributed by atoms with Gasteiger partial charge in [0, 0.05) is 19.2 Å². The molecule has 1 unspecified atom stereocenters. The molecule has 1 aromatic heterocycles. The highest BCUT2D eigenvalue weighted by Crippen LogP contribution is 2.32. The van der Waals surface area contributed by atoms with Crippen molar-refractivity contribution < 1.29 is 13.2 Å². The maximum absolute atomic E-state index is 12.8. The Morgan fingerprint density at radius 3 is 2.80 bits per heavy atom. The average Bonchev–Trinajstić information content (AvgIpc) is 2.86. The highest BCUT2D eigenvalue weighted by molar-refractivity contribution is 5.46. The molecule has 5 nitrogen and oxygen atoms in total. The van der Waals surface area contributed by atoms with Gasteiger partial charge < -0.3 is 4.90 Å². The smallest absolute Gasteiger partial charge is 0.356 e. The average molecular weight is 289 g/mol. The molecule has 0 amide bonds. The molecular formula is C12H18F3N5. The summed E-state index contributed by atoms with van der Waals surface area (Å²) in [7, 11) is 0. The van der Waals surface area contributed by atoms with Crippen molar-refractivity contribution in [2.24, 2.45) is 11.8 Å². The number of hydrazine groups is 1. The van der Waals surface area contributed by atoms with Crippen molar-refractivity contribution in [3.63, 3.8) is 0 Å².